The van der Waals surface area contributed by atoms with Crippen molar-refractivity contribution in [3.63, 3.8) is 0 Å². The number of benzene rings is 2. The number of halogens is 2. The first-order valence-electron chi connectivity index (χ1n) is 10.2. The molecule has 0 heterocycles. The number of rotatable bonds is 8. The van der Waals surface area contributed by atoms with Crippen molar-refractivity contribution in [1.29, 1.82) is 0 Å². The lowest BCUT2D eigenvalue weighted by Gasteiger charge is -2.33. The predicted octanol–water partition coefficient (Wildman–Crippen LogP) is 5.65. The fraction of sp³-hybridized carbons (Fsp3) is 0.417. The molecule has 2 aromatic carbocycles. The summed E-state index contributed by atoms with van der Waals surface area (Å²) in [4.78, 5) is 27.9. The number of carbonyl (C=O) groups excluding carboxylic acids is 2. The van der Waals surface area contributed by atoms with Crippen LogP contribution in [0.5, 0.6) is 0 Å². The van der Waals surface area contributed by atoms with Crippen LogP contribution < -0.4 is 5.32 Å². The van der Waals surface area contributed by atoms with E-state index in [0.29, 0.717) is 29.3 Å². The molecule has 162 valence electrons. The fourth-order valence-corrected chi connectivity index (χ4v) is 3.71. The topological polar surface area (TPSA) is 49.4 Å². The van der Waals surface area contributed by atoms with E-state index < -0.39 is 6.04 Å². The maximum absolute atomic E-state index is 13.2. The number of carbonyl (C=O) groups is 2. The Hall–Kier alpha value is -2.04. The SMILES string of the molecule is CCC(C(=O)NC(C)(C)C)N(Cc1ccc(Cl)cc1Cl)C(=O)CCc1ccccc1. The summed E-state index contributed by atoms with van der Waals surface area (Å²) < 4.78 is 0. The zero-order valence-electron chi connectivity index (χ0n) is 18.0. The molecule has 0 spiro atoms. The highest BCUT2D eigenvalue weighted by Crippen LogP contribution is 2.24. The average molecular weight is 449 g/mol. The minimum Gasteiger partial charge on any atom is -0.350 e. The molecule has 1 unspecified atom stereocenters. The summed E-state index contributed by atoms with van der Waals surface area (Å²) in [6.07, 6.45) is 1.43. The maximum atomic E-state index is 13.2. The van der Waals surface area contributed by atoms with E-state index in [4.69, 9.17) is 23.2 Å². The molecular weight excluding hydrogens is 419 g/mol. The van der Waals surface area contributed by atoms with Gasteiger partial charge in [0.15, 0.2) is 0 Å². The van der Waals surface area contributed by atoms with Crippen LogP contribution in [-0.4, -0.2) is 28.3 Å². The Morgan fingerprint density at radius 1 is 1.07 bits per heavy atom. The fourth-order valence-electron chi connectivity index (χ4n) is 3.25. The highest BCUT2D eigenvalue weighted by Gasteiger charge is 2.30. The Balaban J connectivity index is 2.27. The molecule has 1 N–H and O–H groups in total. The molecule has 0 saturated heterocycles. The Kier molecular flexibility index (Phi) is 8.75. The third-order valence-electron chi connectivity index (χ3n) is 4.71. The number of nitrogens with one attached hydrogen (secondary N) is 1. The lowest BCUT2D eigenvalue weighted by Crippen LogP contribution is -2.53. The van der Waals surface area contributed by atoms with Gasteiger partial charge in [-0.1, -0.05) is 66.5 Å². The lowest BCUT2D eigenvalue weighted by atomic mass is 10.0. The molecule has 4 nitrogen and oxygen atoms in total. The van der Waals surface area contributed by atoms with E-state index in [1.165, 1.54) is 0 Å². The monoisotopic (exact) mass is 448 g/mol. The molecule has 0 aliphatic carbocycles. The van der Waals surface area contributed by atoms with Gasteiger partial charge in [-0.3, -0.25) is 9.59 Å². The standard InChI is InChI=1S/C24H30Cl2N2O2/c1-5-21(23(30)27-24(2,3)4)28(16-18-12-13-19(25)15-20(18)26)22(29)14-11-17-9-7-6-8-10-17/h6-10,12-13,15,21H,5,11,14,16H2,1-4H3,(H,27,30). The van der Waals surface area contributed by atoms with Gasteiger partial charge < -0.3 is 10.2 Å². The summed E-state index contributed by atoms with van der Waals surface area (Å²) in [5, 5.41) is 4.01. The van der Waals surface area contributed by atoms with E-state index in [0.717, 1.165) is 11.1 Å². The lowest BCUT2D eigenvalue weighted by molar-refractivity contribution is -0.142. The highest BCUT2D eigenvalue weighted by molar-refractivity contribution is 6.35. The largest absolute Gasteiger partial charge is 0.350 e. The van der Waals surface area contributed by atoms with Gasteiger partial charge >= 0.3 is 0 Å². The first kappa shape index (κ1) is 24.2. The second-order valence-corrected chi connectivity index (χ2v) is 9.25. The quantitative estimate of drug-likeness (QED) is 0.566. The summed E-state index contributed by atoms with van der Waals surface area (Å²) in [6, 6.07) is 14.5. The third kappa shape index (κ3) is 7.33. The molecule has 1 atom stereocenters. The van der Waals surface area contributed by atoms with E-state index in [1.54, 1.807) is 23.1 Å². The Morgan fingerprint density at radius 2 is 1.73 bits per heavy atom. The van der Waals surface area contributed by atoms with Gasteiger partial charge in [-0.2, -0.15) is 0 Å². The highest BCUT2D eigenvalue weighted by atomic mass is 35.5. The van der Waals surface area contributed by atoms with Gasteiger partial charge in [-0.15, -0.1) is 0 Å². The summed E-state index contributed by atoms with van der Waals surface area (Å²) in [6.45, 7) is 7.94. The number of aryl methyl sites for hydroxylation is 1. The normalized spacial score (nSPS) is 12.3. The Bertz CT molecular complexity index is 863. The molecule has 2 aromatic rings. The van der Waals surface area contributed by atoms with Crippen LogP contribution in [0.3, 0.4) is 0 Å². The van der Waals surface area contributed by atoms with Gasteiger partial charge in [0, 0.05) is 28.5 Å². The van der Waals surface area contributed by atoms with Gasteiger partial charge in [-0.05, 0) is 56.9 Å². The number of hydrogen-bond donors (Lipinski definition) is 1. The van der Waals surface area contributed by atoms with Crippen LogP contribution in [-0.2, 0) is 22.6 Å². The summed E-state index contributed by atoms with van der Waals surface area (Å²) in [5.74, 6) is -0.246. The molecule has 0 aliphatic rings. The van der Waals surface area contributed by atoms with Crippen molar-refractivity contribution in [2.24, 2.45) is 0 Å². The van der Waals surface area contributed by atoms with Crippen LogP contribution in [0.25, 0.3) is 0 Å². The minimum atomic E-state index is -0.584. The number of amides is 2. The first-order valence-corrected chi connectivity index (χ1v) is 11.0. The minimum absolute atomic E-state index is 0.0826. The molecule has 2 amide bonds. The van der Waals surface area contributed by atoms with Crippen molar-refractivity contribution in [1.82, 2.24) is 10.2 Å². The number of hydrogen-bond acceptors (Lipinski definition) is 2. The molecule has 0 aliphatic heterocycles. The van der Waals surface area contributed by atoms with Gasteiger partial charge in [0.2, 0.25) is 11.8 Å². The molecule has 6 heteroatoms. The molecule has 0 bridgehead atoms. The van der Waals surface area contributed by atoms with Crippen molar-refractivity contribution in [3.05, 3.63) is 69.7 Å². The van der Waals surface area contributed by atoms with Gasteiger partial charge in [0.25, 0.3) is 0 Å². The van der Waals surface area contributed by atoms with E-state index in [-0.39, 0.29) is 23.9 Å². The average Bonchev–Trinajstić information content (AvgIpc) is 2.67. The van der Waals surface area contributed by atoms with Gasteiger partial charge in [0.1, 0.15) is 6.04 Å². The van der Waals surface area contributed by atoms with Crippen molar-refractivity contribution >= 4 is 35.0 Å². The molecule has 0 saturated carbocycles. The third-order valence-corrected chi connectivity index (χ3v) is 5.30. The number of nitrogens with zero attached hydrogens (tertiary/aromatic N) is 1. The maximum Gasteiger partial charge on any atom is 0.243 e. The zero-order chi connectivity index (χ0) is 22.3. The van der Waals surface area contributed by atoms with Crippen LogP contribution >= 0.6 is 23.2 Å². The van der Waals surface area contributed by atoms with Crippen molar-refractivity contribution in [2.45, 2.75) is 65.1 Å². The smallest absolute Gasteiger partial charge is 0.243 e. The Morgan fingerprint density at radius 3 is 2.30 bits per heavy atom. The van der Waals surface area contributed by atoms with Crippen LogP contribution in [0.15, 0.2) is 48.5 Å². The van der Waals surface area contributed by atoms with Crippen LogP contribution in [0.2, 0.25) is 10.0 Å². The molecule has 0 aromatic heterocycles. The van der Waals surface area contributed by atoms with Crippen LogP contribution in [0.1, 0.15) is 51.7 Å². The van der Waals surface area contributed by atoms with Crippen molar-refractivity contribution < 1.29 is 9.59 Å². The van der Waals surface area contributed by atoms with E-state index in [9.17, 15) is 9.59 Å². The summed E-state index contributed by atoms with van der Waals surface area (Å²) in [7, 11) is 0. The van der Waals surface area contributed by atoms with Crippen LogP contribution in [0, 0.1) is 0 Å². The second-order valence-electron chi connectivity index (χ2n) is 8.41. The molecule has 0 radical (unpaired) electrons. The second kappa shape index (κ2) is 10.8. The summed E-state index contributed by atoms with van der Waals surface area (Å²) in [5.41, 5.74) is 1.46. The van der Waals surface area contributed by atoms with Crippen molar-refractivity contribution in [2.75, 3.05) is 0 Å². The van der Waals surface area contributed by atoms with E-state index in [2.05, 4.69) is 5.32 Å². The summed E-state index contributed by atoms with van der Waals surface area (Å²) >= 11 is 12.4. The zero-order valence-corrected chi connectivity index (χ0v) is 19.6. The molecule has 0 fully saturated rings. The molecule has 2 rings (SSSR count). The first-order chi connectivity index (χ1) is 14.1. The van der Waals surface area contributed by atoms with E-state index in [1.807, 2.05) is 58.0 Å². The van der Waals surface area contributed by atoms with Crippen molar-refractivity contribution in [3.8, 4) is 0 Å². The van der Waals surface area contributed by atoms with Gasteiger partial charge in [-0.25, -0.2) is 0 Å². The Labute approximate surface area is 189 Å². The predicted molar refractivity (Wildman–Crippen MR) is 124 cm³/mol. The van der Waals surface area contributed by atoms with Crippen LogP contribution in [0.4, 0.5) is 0 Å². The van der Waals surface area contributed by atoms with E-state index >= 15 is 0 Å². The molecule has 30 heavy (non-hydrogen) atoms. The molecular formula is C24H30Cl2N2O2. The van der Waals surface area contributed by atoms with Gasteiger partial charge in [0.05, 0.1) is 0 Å².